The van der Waals surface area contributed by atoms with Crippen molar-refractivity contribution in [2.45, 2.75) is 13.2 Å². The average molecular weight is 322 g/mol. The summed E-state index contributed by atoms with van der Waals surface area (Å²) in [5, 5.41) is 9.11. The zero-order chi connectivity index (χ0) is 16.7. The average Bonchev–Trinajstić information content (AvgIpc) is 3.04. The fourth-order valence-corrected chi connectivity index (χ4v) is 2.66. The summed E-state index contributed by atoms with van der Waals surface area (Å²) in [7, 11) is 1.62. The van der Waals surface area contributed by atoms with Crippen molar-refractivity contribution in [1.82, 2.24) is 29.1 Å². The third-order valence-corrected chi connectivity index (χ3v) is 3.98. The predicted octanol–water partition coefficient (Wildman–Crippen LogP) is 0.565. The van der Waals surface area contributed by atoms with Gasteiger partial charge in [0.25, 0.3) is 0 Å². The third-order valence-electron chi connectivity index (χ3n) is 3.98. The van der Waals surface area contributed by atoms with Crippen molar-refractivity contribution in [2.75, 3.05) is 0 Å². The highest BCUT2D eigenvalue weighted by Crippen LogP contribution is 2.22. The molecule has 1 aromatic carbocycles. The highest BCUT2D eigenvalue weighted by molar-refractivity contribution is 5.85. The normalized spacial score (nSPS) is 11.4. The molecule has 1 N–H and O–H groups in total. The summed E-state index contributed by atoms with van der Waals surface area (Å²) < 4.78 is 3.26. The van der Waals surface area contributed by atoms with E-state index in [9.17, 15) is 4.79 Å². The van der Waals surface area contributed by atoms with Crippen LogP contribution in [0.4, 0.5) is 0 Å². The number of benzene rings is 1. The Hall–Kier alpha value is -3.13. The molecule has 2 aromatic rings. The van der Waals surface area contributed by atoms with Crippen LogP contribution >= 0.6 is 0 Å². The van der Waals surface area contributed by atoms with Crippen molar-refractivity contribution in [1.29, 1.82) is 0 Å². The van der Waals surface area contributed by atoms with Crippen LogP contribution in [0.2, 0.25) is 0 Å². The lowest BCUT2D eigenvalue weighted by molar-refractivity contribution is 0.282. The third kappa shape index (κ3) is 2.24. The summed E-state index contributed by atoms with van der Waals surface area (Å²) in [6.07, 6.45) is 3.09. The molecule has 0 saturated heterocycles. The van der Waals surface area contributed by atoms with Crippen LogP contribution in [0, 0.1) is 0 Å². The van der Waals surface area contributed by atoms with Gasteiger partial charge < -0.3 is 9.67 Å². The van der Waals surface area contributed by atoms with Crippen molar-refractivity contribution in [3.63, 3.8) is 0 Å². The lowest BCUT2D eigenvalue weighted by atomic mass is 10.1. The number of nitrogens with zero attached hydrogens (tertiary/aromatic N) is 6. The molecule has 2 aliphatic rings. The van der Waals surface area contributed by atoms with E-state index in [4.69, 9.17) is 5.11 Å². The fraction of sp³-hybridized carbons (Fsp3) is 0.188. The summed E-state index contributed by atoms with van der Waals surface area (Å²) in [6.45, 7) is 0.588. The first-order valence-corrected chi connectivity index (χ1v) is 7.38. The predicted molar refractivity (Wildman–Crippen MR) is 86.4 cm³/mol. The molecule has 120 valence electrons. The Morgan fingerprint density at radius 1 is 1.08 bits per heavy atom. The maximum absolute atomic E-state index is 11.8. The Morgan fingerprint density at radius 2 is 1.83 bits per heavy atom. The van der Waals surface area contributed by atoms with Crippen LogP contribution in [0.25, 0.3) is 22.7 Å². The van der Waals surface area contributed by atoms with Crippen LogP contribution in [-0.4, -0.2) is 34.2 Å². The fourth-order valence-electron chi connectivity index (χ4n) is 2.66. The lowest BCUT2D eigenvalue weighted by Crippen LogP contribution is -2.12. The van der Waals surface area contributed by atoms with Gasteiger partial charge in [-0.05, 0) is 11.1 Å². The Kier molecular flexibility index (Phi) is 3.31. The standard InChI is InChI=1S/C16H14N6O2/c1-21-14-13(20-16(21)24)12-15(18-8-17-14)22(9-19-12)6-10-2-4-11(7-23)5-3-10/h2-5,8-9,23H,6-7H2,1H3. The minimum atomic E-state index is -0.362. The number of rotatable bonds is 3. The summed E-state index contributed by atoms with van der Waals surface area (Å²) in [6, 6.07) is 7.66. The van der Waals surface area contributed by atoms with E-state index < -0.39 is 0 Å². The van der Waals surface area contributed by atoms with Gasteiger partial charge >= 0.3 is 5.69 Å². The Bertz CT molecular complexity index is 1050. The van der Waals surface area contributed by atoms with E-state index in [1.165, 1.54) is 10.9 Å². The molecule has 0 aliphatic carbocycles. The van der Waals surface area contributed by atoms with Gasteiger partial charge in [0.2, 0.25) is 0 Å². The second-order valence-electron chi connectivity index (χ2n) is 5.52. The molecule has 4 rings (SSSR count). The molecule has 0 amide bonds. The molecule has 0 saturated carbocycles. The number of hydrogen-bond donors (Lipinski definition) is 1. The van der Waals surface area contributed by atoms with Crippen LogP contribution in [-0.2, 0) is 20.2 Å². The van der Waals surface area contributed by atoms with E-state index in [0.29, 0.717) is 29.2 Å². The van der Waals surface area contributed by atoms with Gasteiger partial charge in [-0.3, -0.25) is 4.57 Å². The highest BCUT2D eigenvalue weighted by Gasteiger charge is 2.18. The van der Waals surface area contributed by atoms with E-state index >= 15 is 0 Å². The van der Waals surface area contributed by atoms with Gasteiger partial charge in [-0.25, -0.2) is 19.7 Å². The molecule has 0 fully saturated rings. The van der Waals surface area contributed by atoms with Crippen molar-refractivity contribution in [3.8, 4) is 11.5 Å². The number of imidazole rings is 2. The molecular weight excluding hydrogens is 308 g/mol. The summed E-state index contributed by atoms with van der Waals surface area (Å²) in [5.41, 5.74) is 3.16. The van der Waals surface area contributed by atoms with E-state index in [1.54, 1.807) is 13.4 Å². The summed E-state index contributed by atoms with van der Waals surface area (Å²) in [4.78, 5) is 28.7. The first kappa shape index (κ1) is 14.5. The number of hydrogen-bond acceptors (Lipinski definition) is 6. The van der Waals surface area contributed by atoms with Gasteiger partial charge in [0.1, 0.15) is 17.5 Å². The van der Waals surface area contributed by atoms with Crippen LogP contribution in [0.15, 0.2) is 41.7 Å². The SMILES string of the molecule is Cn1c2ncnc3c(ncn3Cc3ccc(CO)cc3)c-2nc1=O. The Balaban J connectivity index is 1.81. The summed E-state index contributed by atoms with van der Waals surface area (Å²) >= 11 is 0. The van der Waals surface area contributed by atoms with Crippen molar-refractivity contribution < 1.29 is 5.11 Å². The van der Waals surface area contributed by atoms with E-state index in [0.717, 1.165) is 11.1 Å². The maximum atomic E-state index is 11.8. The zero-order valence-electron chi connectivity index (χ0n) is 12.9. The van der Waals surface area contributed by atoms with Gasteiger partial charge in [-0.1, -0.05) is 24.3 Å². The zero-order valence-corrected chi connectivity index (χ0v) is 12.9. The smallest absolute Gasteiger partial charge is 0.349 e. The second kappa shape index (κ2) is 5.50. The molecular formula is C16H14N6O2. The molecule has 0 bridgehead atoms. The molecule has 8 nitrogen and oxygen atoms in total. The maximum Gasteiger partial charge on any atom is 0.349 e. The minimum absolute atomic E-state index is 0.0204. The van der Waals surface area contributed by atoms with Crippen molar-refractivity contribution in [3.05, 3.63) is 58.5 Å². The molecule has 24 heavy (non-hydrogen) atoms. The minimum Gasteiger partial charge on any atom is -0.392 e. The van der Waals surface area contributed by atoms with Gasteiger partial charge in [0.15, 0.2) is 11.5 Å². The monoisotopic (exact) mass is 322 g/mol. The van der Waals surface area contributed by atoms with Crippen LogP contribution < -0.4 is 5.69 Å². The quantitative estimate of drug-likeness (QED) is 0.592. The topological polar surface area (TPSA) is 98.7 Å². The number of fused-ring (bicyclic) bond motifs is 3. The van der Waals surface area contributed by atoms with E-state index in [1.807, 2.05) is 28.8 Å². The largest absolute Gasteiger partial charge is 0.392 e. The molecule has 0 atom stereocenters. The van der Waals surface area contributed by atoms with Crippen molar-refractivity contribution in [2.24, 2.45) is 7.05 Å². The van der Waals surface area contributed by atoms with Crippen LogP contribution in [0.5, 0.6) is 0 Å². The van der Waals surface area contributed by atoms with Gasteiger partial charge in [0, 0.05) is 7.05 Å². The molecule has 8 heteroatoms. The van der Waals surface area contributed by atoms with Crippen LogP contribution in [0.3, 0.4) is 0 Å². The molecule has 3 heterocycles. The van der Waals surface area contributed by atoms with E-state index in [-0.39, 0.29) is 12.3 Å². The molecule has 2 aliphatic heterocycles. The van der Waals surface area contributed by atoms with Gasteiger partial charge in [-0.15, -0.1) is 0 Å². The van der Waals surface area contributed by atoms with Gasteiger partial charge in [-0.2, -0.15) is 4.98 Å². The summed E-state index contributed by atoms with van der Waals surface area (Å²) in [5.74, 6) is 0.458. The Labute approximate surface area is 136 Å². The lowest BCUT2D eigenvalue weighted by Gasteiger charge is -2.04. The molecule has 0 spiro atoms. The Morgan fingerprint density at radius 3 is 2.58 bits per heavy atom. The molecule has 0 unspecified atom stereocenters. The first-order valence-electron chi connectivity index (χ1n) is 7.38. The van der Waals surface area contributed by atoms with Gasteiger partial charge in [0.05, 0.1) is 19.5 Å². The van der Waals surface area contributed by atoms with E-state index in [2.05, 4.69) is 19.9 Å². The second-order valence-corrected chi connectivity index (χ2v) is 5.52. The molecule has 0 radical (unpaired) electrons. The van der Waals surface area contributed by atoms with Crippen LogP contribution in [0.1, 0.15) is 11.1 Å². The first-order chi connectivity index (χ1) is 11.7. The highest BCUT2D eigenvalue weighted by atomic mass is 16.3. The van der Waals surface area contributed by atoms with Crippen molar-refractivity contribution >= 4 is 11.2 Å². The number of aromatic nitrogens is 6. The number of aliphatic hydroxyl groups is 1. The number of aliphatic hydroxyl groups excluding tert-OH is 1. The molecule has 1 aromatic heterocycles.